The highest BCUT2D eigenvalue weighted by Gasteiger charge is 2.23. The first-order chi connectivity index (χ1) is 16.6. The van der Waals surface area contributed by atoms with Gasteiger partial charge in [0.05, 0.1) is 10.6 Å². The molecule has 8 nitrogen and oxygen atoms in total. The lowest BCUT2D eigenvalue weighted by Gasteiger charge is -2.34. The fourth-order valence-electron chi connectivity index (χ4n) is 3.79. The molecule has 2 N–H and O–H groups in total. The van der Waals surface area contributed by atoms with Gasteiger partial charge in [-0.2, -0.15) is 0 Å². The second kappa shape index (κ2) is 11.7. The van der Waals surface area contributed by atoms with Crippen LogP contribution in [0.2, 0.25) is 10.0 Å². The number of hydrogen-bond donors (Lipinski definition) is 2. The maximum Gasteiger partial charge on any atom is 0.251 e. The number of carbonyl (C=O) groups is 2. The van der Waals surface area contributed by atoms with E-state index < -0.39 is 28.2 Å². The van der Waals surface area contributed by atoms with Crippen LogP contribution in [0.1, 0.15) is 28.4 Å². The van der Waals surface area contributed by atoms with Crippen molar-refractivity contribution in [3.63, 3.8) is 0 Å². The van der Waals surface area contributed by atoms with Crippen LogP contribution in [-0.4, -0.2) is 73.7 Å². The minimum Gasteiger partial charge on any atom is -0.387 e. The van der Waals surface area contributed by atoms with Crippen LogP contribution < -0.4 is 5.32 Å². The van der Waals surface area contributed by atoms with Gasteiger partial charge in [0.2, 0.25) is 5.91 Å². The second-order valence-electron chi connectivity index (χ2n) is 8.07. The highest BCUT2D eigenvalue weighted by molar-refractivity contribution is 7.91. The van der Waals surface area contributed by atoms with Crippen LogP contribution in [0, 0.1) is 5.82 Å². The van der Waals surface area contributed by atoms with Crippen LogP contribution in [0.4, 0.5) is 4.39 Å². The Bertz CT molecular complexity index is 1190. The van der Waals surface area contributed by atoms with E-state index in [4.69, 9.17) is 28.3 Å². The summed E-state index contributed by atoms with van der Waals surface area (Å²) in [5.41, 5.74) is 0.558. The third-order valence-corrected chi connectivity index (χ3v) is 8.22. The molecule has 1 heterocycles. The molecule has 1 aliphatic heterocycles. The third-order valence-electron chi connectivity index (χ3n) is 5.82. The number of nitrogens with one attached hydrogen (secondary N) is 1. The van der Waals surface area contributed by atoms with Crippen molar-refractivity contribution in [3.8, 4) is 0 Å². The number of nitrogens with zero attached hydrogens (tertiary/aromatic N) is 2. The molecule has 1 aliphatic rings. The number of benzene rings is 2. The van der Waals surface area contributed by atoms with Crippen molar-refractivity contribution in [1.29, 1.82) is 0 Å². The van der Waals surface area contributed by atoms with Gasteiger partial charge in [-0.05, 0) is 35.9 Å². The maximum atomic E-state index is 14.9. The summed E-state index contributed by atoms with van der Waals surface area (Å²) in [6, 6.07) is 6.78. The predicted octanol–water partition coefficient (Wildman–Crippen LogP) is 2.49. The van der Waals surface area contributed by atoms with Gasteiger partial charge in [-0.25, -0.2) is 12.8 Å². The number of amides is 2. The molecule has 1 saturated heterocycles. The summed E-state index contributed by atoms with van der Waals surface area (Å²) in [7, 11) is -3.53. The zero-order valence-electron chi connectivity index (χ0n) is 19.1. The Hall–Kier alpha value is -2.24. The summed E-state index contributed by atoms with van der Waals surface area (Å²) in [5, 5.41) is 12.0. The van der Waals surface area contributed by atoms with Gasteiger partial charge in [0.25, 0.3) is 5.91 Å². The average Bonchev–Trinajstić information content (AvgIpc) is 2.84. The average molecular weight is 546 g/mol. The number of aliphatic hydroxyl groups excluding tert-OH is 1. The molecule has 35 heavy (non-hydrogen) atoms. The topological polar surface area (TPSA) is 107 Å². The van der Waals surface area contributed by atoms with E-state index in [1.807, 2.05) is 4.90 Å². The van der Waals surface area contributed by atoms with Crippen LogP contribution in [0.5, 0.6) is 0 Å². The molecule has 1 fully saturated rings. The quantitative estimate of drug-likeness (QED) is 0.527. The molecular weight excluding hydrogens is 520 g/mol. The summed E-state index contributed by atoms with van der Waals surface area (Å²) in [6.07, 6.45) is 0. The van der Waals surface area contributed by atoms with Crippen molar-refractivity contribution >= 4 is 44.9 Å². The van der Waals surface area contributed by atoms with Gasteiger partial charge in [-0.15, -0.1) is 0 Å². The Balaban J connectivity index is 1.69. The summed E-state index contributed by atoms with van der Waals surface area (Å²) >= 11 is 12.3. The van der Waals surface area contributed by atoms with E-state index in [0.29, 0.717) is 36.8 Å². The van der Waals surface area contributed by atoms with E-state index in [1.165, 1.54) is 31.2 Å². The largest absolute Gasteiger partial charge is 0.387 e. The lowest BCUT2D eigenvalue weighted by molar-refractivity contribution is -0.136. The van der Waals surface area contributed by atoms with E-state index >= 15 is 0 Å². The number of hydrogen-bond acceptors (Lipinski definition) is 6. The summed E-state index contributed by atoms with van der Waals surface area (Å²) in [6.45, 7) is 2.87. The third kappa shape index (κ3) is 6.71. The van der Waals surface area contributed by atoms with Crippen molar-refractivity contribution in [2.24, 2.45) is 0 Å². The molecule has 0 aliphatic carbocycles. The van der Waals surface area contributed by atoms with Gasteiger partial charge in [0.15, 0.2) is 9.84 Å². The molecule has 0 spiro atoms. The first kappa shape index (κ1) is 27.3. The number of carbonyl (C=O) groups excluding carboxylic acids is 2. The molecule has 2 amide bonds. The van der Waals surface area contributed by atoms with E-state index in [2.05, 4.69) is 5.32 Å². The van der Waals surface area contributed by atoms with Crippen LogP contribution in [0.25, 0.3) is 0 Å². The van der Waals surface area contributed by atoms with Crippen LogP contribution in [0.15, 0.2) is 35.2 Å². The van der Waals surface area contributed by atoms with Crippen LogP contribution >= 0.6 is 23.2 Å². The van der Waals surface area contributed by atoms with Crippen LogP contribution in [0.3, 0.4) is 0 Å². The first-order valence-electron chi connectivity index (χ1n) is 10.9. The van der Waals surface area contributed by atoms with E-state index in [0.717, 1.165) is 6.07 Å². The standard InChI is InChI=1S/C23H26Cl2FN3O5S/c1-2-35(33,34)21-4-3-17(24)9-16(21)12-27-23(32)15-10-19(25)18(20(26)11-15)13-28-5-7-29(8-6-28)22(31)14-30/h3-4,9-11,30H,2,5-8,12-14H2,1H3,(H,27,32). The van der Waals surface area contributed by atoms with E-state index in [1.54, 1.807) is 4.90 Å². The molecule has 0 radical (unpaired) electrons. The molecule has 2 aromatic rings. The Kier molecular flexibility index (Phi) is 9.11. The normalized spacial score (nSPS) is 14.7. The smallest absolute Gasteiger partial charge is 0.251 e. The summed E-state index contributed by atoms with van der Waals surface area (Å²) in [5.74, 6) is -1.71. The molecule has 0 bridgehead atoms. The first-order valence-corrected chi connectivity index (χ1v) is 13.3. The SMILES string of the molecule is CCS(=O)(=O)c1ccc(Cl)cc1CNC(=O)c1cc(F)c(CN2CCN(C(=O)CO)CC2)c(Cl)c1. The monoisotopic (exact) mass is 545 g/mol. The maximum absolute atomic E-state index is 14.9. The Morgan fingerprint density at radius 1 is 1.11 bits per heavy atom. The number of aliphatic hydroxyl groups is 1. The number of halogens is 3. The summed E-state index contributed by atoms with van der Waals surface area (Å²) in [4.78, 5) is 27.8. The molecule has 0 aromatic heterocycles. The molecule has 12 heteroatoms. The van der Waals surface area contributed by atoms with Gasteiger partial charge in [-0.3, -0.25) is 14.5 Å². The number of piperazine rings is 1. The van der Waals surface area contributed by atoms with Crippen molar-refractivity contribution in [2.45, 2.75) is 24.9 Å². The molecule has 0 atom stereocenters. The fraction of sp³-hybridized carbons (Fsp3) is 0.391. The second-order valence-corrected chi connectivity index (χ2v) is 11.2. The molecular formula is C23H26Cl2FN3O5S. The van der Waals surface area contributed by atoms with Gasteiger partial charge < -0.3 is 15.3 Å². The van der Waals surface area contributed by atoms with Crippen molar-refractivity contribution < 1.29 is 27.5 Å². The van der Waals surface area contributed by atoms with Crippen molar-refractivity contribution in [1.82, 2.24) is 15.1 Å². The van der Waals surface area contributed by atoms with Crippen molar-refractivity contribution in [3.05, 3.63) is 62.9 Å². The zero-order chi connectivity index (χ0) is 25.8. The molecule has 0 unspecified atom stereocenters. The Labute approximate surface area is 213 Å². The summed E-state index contributed by atoms with van der Waals surface area (Å²) < 4.78 is 39.6. The molecule has 0 saturated carbocycles. The lowest BCUT2D eigenvalue weighted by Crippen LogP contribution is -2.49. The minimum atomic E-state index is -3.53. The Morgan fingerprint density at radius 2 is 1.80 bits per heavy atom. The molecule has 2 aromatic carbocycles. The highest BCUT2D eigenvalue weighted by atomic mass is 35.5. The van der Waals surface area contributed by atoms with Gasteiger partial charge in [0, 0.05) is 60.4 Å². The van der Waals surface area contributed by atoms with E-state index in [9.17, 15) is 22.4 Å². The van der Waals surface area contributed by atoms with Crippen molar-refractivity contribution in [2.75, 3.05) is 38.5 Å². The Morgan fingerprint density at radius 3 is 2.40 bits per heavy atom. The fourth-order valence-corrected chi connectivity index (χ4v) is 5.37. The minimum absolute atomic E-state index is 0.00321. The number of sulfone groups is 1. The molecule has 3 rings (SSSR count). The van der Waals surface area contributed by atoms with Crippen LogP contribution in [-0.2, 0) is 27.7 Å². The predicted molar refractivity (Wildman–Crippen MR) is 131 cm³/mol. The van der Waals surface area contributed by atoms with Gasteiger partial charge in [0.1, 0.15) is 12.4 Å². The van der Waals surface area contributed by atoms with Gasteiger partial charge >= 0.3 is 0 Å². The zero-order valence-corrected chi connectivity index (χ0v) is 21.4. The van der Waals surface area contributed by atoms with E-state index in [-0.39, 0.29) is 45.8 Å². The highest BCUT2D eigenvalue weighted by Crippen LogP contribution is 2.25. The van der Waals surface area contributed by atoms with Gasteiger partial charge in [-0.1, -0.05) is 30.1 Å². The molecule has 190 valence electrons. The number of rotatable bonds is 8. The lowest BCUT2D eigenvalue weighted by atomic mass is 10.1.